The van der Waals surface area contributed by atoms with E-state index in [0.29, 0.717) is 0 Å². The summed E-state index contributed by atoms with van der Waals surface area (Å²) in [6.07, 6.45) is 3.45. The van der Waals surface area contributed by atoms with Crippen LogP contribution in [0.5, 0.6) is 0 Å². The fourth-order valence-corrected chi connectivity index (χ4v) is 2.13. The van der Waals surface area contributed by atoms with E-state index in [0.717, 1.165) is 15.7 Å². The van der Waals surface area contributed by atoms with E-state index in [9.17, 15) is 5.11 Å². The monoisotopic (exact) mass is 306 g/mol. The van der Waals surface area contributed by atoms with E-state index in [2.05, 4.69) is 26.2 Å². The van der Waals surface area contributed by atoms with Gasteiger partial charge in [-0.15, -0.1) is 0 Å². The van der Waals surface area contributed by atoms with Crippen molar-refractivity contribution in [3.05, 3.63) is 58.8 Å². The Morgan fingerprint density at radius 2 is 2.00 bits per heavy atom. The number of anilines is 1. The molecule has 3 nitrogen and oxygen atoms in total. The number of rotatable bonds is 4. The third kappa shape index (κ3) is 2.71. The number of halogens is 1. The highest BCUT2D eigenvalue weighted by Gasteiger charge is 2.25. The lowest BCUT2D eigenvalue weighted by Gasteiger charge is -2.31. The Hall–Kier alpha value is -1.39. The number of benzene rings is 1. The molecule has 0 aliphatic heterocycles. The molecule has 18 heavy (non-hydrogen) atoms. The third-order valence-electron chi connectivity index (χ3n) is 2.91. The number of nitrogens with one attached hydrogen (secondary N) is 1. The standard InChI is InChI=1S/C14H15BrN2O/c1-14(10-18,11-5-3-2-4-6-11)17-13-7-8-16-9-12(13)15/h2-9,18H,10H2,1H3,(H,16,17). The summed E-state index contributed by atoms with van der Waals surface area (Å²) in [7, 11) is 0. The maximum atomic E-state index is 9.70. The highest BCUT2D eigenvalue weighted by atomic mass is 79.9. The molecule has 4 heteroatoms. The van der Waals surface area contributed by atoms with Gasteiger partial charge >= 0.3 is 0 Å². The van der Waals surface area contributed by atoms with Crippen LogP contribution in [0.3, 0.4) is 0 Å². The summed E-state index contributed by atoms with van der Waals surface area (Å²) in [4.78, 5) is 4.02. The molecule has 1 unspecified atom stereocenters. The lowest BCUT2D eigenvalue weighted by atomic mass is 9.92. The zero-order chi connectivity index (χ0) is 13.0. The van der Waals surface area contributed by atoms with Gasteiger partial charge in [0.2, 0.25) is 0 Å². The number of aliphatic hydroxyl groups is 1. The second-order valence-corrected chi connectivity index (χ2v) is 5.19. The predicted molar refractivity (Wildman–Crippen MR) is 76.4 cm³/mol. The van der Waals surface area contributed by atoms with Gasteiger partial charge in [0.15, 0.2) is 0 Å². The topological polar surface area (TPSA) is 45.1 Å². The zero-order valence-corrected chi connectivity index (χ0v) is 11.7. The molecule has 0 saturated carbocycles. The Morgan fingerprint density at radius 3 is 2.61 bits per heavy atom. The van der Waals surface area contributed by atoms with Crippen molar-refractivity contribution in [3.63, 3.8) is 0 Å². The minimum Gasteiger partial charge on any atom is -0.394 e. The van der Waals surface area contributed by atoms with Crippen molar-refractivity contribution in [3.8, 4) is 0 Å². The Balaban J connectivity index is 2.32. The maximum absolute atomic E-state index is 9.70. The smallest absolute Gasteiger partial charge is 0.0828 e. The van der Waals surface area contributed by atoms with Crippen LogP contribution >= 0.6 is 15.9 Å². The van der Waals surface area contributed by atoms with Gasteiger partial charge in [0.05, 0.1) is 22.3 Å². The van der Waals surface area contributed by atoms with E-state index in [1.807, 2.05) is 43.3 Å². The van der Waals surface area contributed by atoms with Crippen LogP contribution in [0.4, 0.5) is 5.69 Å². The first-order valence-corrected chi connectivity index (χ1v) is 6.49. The molecule has 0 spiro atoms. The van der Waals surface area contributed by atoms with Crippen LogP contribution in [0.25, 0.3) is 0 Å². The van der Waals surface area contributed by atoms with Crippen LogP contribution in [-0.4, -0.2) is 16.7 Å². The first-order valence-electron chi connectivity index (χ1n) is 5.70. The van der Waals surface area contributed by atoms with E-state index in [-0.39, 0.29) is 6.61 Å². The first kappa shape index (κ1) is 13.1. The average molecular weight is 307 g/mol. The molecule has 0 radical (unpaired) electrons. The number of hydrogen-bond acceptors (Lipinski definition) is 3. The van der Waals surface area contributed by atoms with Crippen molar-refractivity contribution in [1.82, 2.24) is 4.98 Å². The van der Waals surface area contributed by atoms with Crippen LogP contribution in [-0.2, 0) is 5.54 Å². The average Bonchev–Trinajstić information content (AvgIpc) is 2.42. The minimum absolute atomic E-state index is 0.00573. The molecule has 2 N–H and O–H groups in total. The van der Waals surface area contributed by atoms with E-state index in [1.165, 1.54) is 0 Å². The number of nitrogens with zero attached hydrogens (tertiary/aromatic N) is 1. The molecule has 1 heterocycles. The van der Waals surface area contributed by atoms with Gasteiger partial charge < -0.3 is 10.4 Å². The normalized spacial score (nSPS) is 13.9. The number of aromatic nitrogens is 1. The van der Waals surface area contributed by atoms with Crippen molar-refractivity contribution in [2.45, 2.75) is 12.5 Å². The van der Waals surface area contributed by atoms with E-state index in [4.69, 9.17) is 0 Å². The van der Waals surface area contributed by atoms with Crippen molar-refractivity contribution in [2.75, 3.05) is 11.9 Å². The van der Waals surface area contributed by atoms with Crippen LogP contribution in [0.2, 0.25) is 0 Å². The second kappa shape index (κ2) is 5.50. The SMILES string of the molecule is CC(CO)(Nc1ccncc1Br)c1ccccc1. The fourth-order valence-electron chi connectivity index (χ4n) is 1.78. The summed E-state index contributed by atoms with van der Waals surface area (Å²) < 4.78 is 0.876. The van der Waals surface area contributed by atoms with Gasteiger partial charge in [0.1, 0.15) is 0 Å². The quantitative estimate of drug-likeness (QED) is 0.912. The molecule has 1 aromatic heterocycles. The van der Waals surface area contributed by atoms with Crippen LogP contribution in [0.15, 0.2) is 53.3 Å². The van der Waals surface area contributed by atoms with E-state index >= 15 is 0 Å². The molecule has 0 bridgehead atoms. The van der Waals surface area contributed by atoms with Crippen molar-refractivity contribution < 1.29 is 5.11 Å². The van der Waals surface area contributed by atoms with Gasteiger partial charge in [-0.05, 0) is 34.5 Å². The lowest BCUT2D eigenvalue weighted by molar-refractivity contribution is 0.224. The Bertz CT molecular complexity index is 518. The fraction of sp³-hybridized carbons (Fsp3) is 0.214. The second-order valence-electron chi connectivity index (χ2n) is 4.34. The predicted octanol–water partition coefficient (Wildman–Crippen LogP) is 3.16. The van der Waals surface area contributed by atoms with Gasteiger partial charge in [-0.25, -0.2) is 0 Å². The molecular weight excluding hydrogens is 292 g/mol. The molecule has 1 aromatic carbocycles. The molecule has 2 aromatic rings. The summed E-state index contributed by atoms with van der Waals surface area (Å²) in [5.74, 6) is 0. The summed E-state index contributed by atoms with van der Waals surface area (Å²) in [5.41, 5.74) is 1.42. The number of aliphatic hydroxyl groups excluding tert-OH is 1. The molecule has 0 aliphatic rings. The summed E-state index contributed by atoms with van der Waals surface area (Å²) in [6.45, 7) is 1.97. The van der Waals surface area contributed by atoms with Gasteiger partial charge in [-0.3, -0.25) is 4.98 Å². The lowest BCUT2D eigenvalue weighted by Crippen LogP contribution is -2.35. The van der Waals surface area contributed by atoms with E-state index < -0.39 is 5.54 Å². The van der Waals surface area contributed by atoms with Crippen LogP contribution in [0, 0.1) is 0 Å². The van der Waals surface area contributed by atoms with Crippen LogP contribution < -0.4 is 5.32 Å². The first-order chi connectivity index (χ1) is 8.65. The highest BCUT2D eigenvalue weighted by molar-refractivity contribution is 9.10. The van der Waals surface area contributed by atoms with Crippen molar-refractivity contribution >= 4 is 21.6 Å². The number of pyridine rings is 1. The molecule has 0 amide bonds. The Morgan fingerprint density at radius 1 is 1.28 bits per heavy atom. The van der Waals surface area contributed by atoms with Gasteiger partial charge in [0, 0.05) is 12.4 Å². The Kier molecular flexibility index (Phi) is 3.99. The van der Waals surface area contributed by atoms with Gasteiger partial charge in [-0.1, -0.05) is 30.3 Å². The number of hydrogen-bond donors (Lipinski definition) is 2. The largest absolute Gasteiger partial charge is 0.394 e. The third-order valence-corrected chi connectivity index (χ3v) is 3.54. The van der Waals surface area contributed by atoms with Crippen LogP contribution in [0.1, 0.15) is 12.5 Å². The molecule has 0 saturated heterocycles. The van der Waals surface area contributed by atoms with E-state index in [1.54, 1.807) is 12.4 Å². The van der Waals surface area contributed by atoms with Crippen molar-refractivity contribution in [1.29, 1.82) is 0 Å². The van der Waals surface area contributed by atoms with Gasteiger partial charge in [0.25, 0.3) is 0 Å². The summed E-state index contributed by atoms with van der Waals surface area (Å²) in [5, 5.41) is 13.1. The molecule has 1 atom stereocenters. The Labute approximate surface area is 115 Å². The molecule has 94 valence electrons. The zero-order valence-electron chi connectivity index (χ0n) is 10.1. The molecule has 2 rings (SSSR count). The summed E-state index contributed by atoms with van der Waals surface area (Å²) in [6, 6.07) is 11.8. The summed E-state index contributed by atoms with van der Waals surface area (Å²) >= 11 is 3.44. The maximum Gasteiger partial charge on any atom is 0.0828 e. The van der Waals surface area contributed by atoms with Crippen molar-refractivity contribution in [2.24, 2.45) is 0 Å². The molecule has 0 fully saturated rings. The van der Waals surface area contributed by atoms with Gasteiger partial charge in [-0.2, -0.15) is 0 Å². The highest BCUT2D eigenvalue weighted by Crippen LogP contribution is 2.29. The molecule has 0 aliphatic carbocycles. The minimum atomic E-state index is -0.523. The molecular formula is C14H15BrN2O.